The van der Waals surface area contributed by atoms with Gasteiger partial charge in [-0.25, -0.2) is 4.79 Å². The van der Waals surface area contributed by atoms with Crippen molar-refractivity contribution in [1.29, 1.82) is 0 Å². The normalized spacial score (nSPS) is 20.7. The van der Waals surface area contributed by atoms with Crippen molar-refractivity contribution in [1.82, 2.24) is 15.5 Å². The van der Waals surface area contributed by atoms with Crippen LogP contribution in [0.5, 0.6) is 0 Å². The molecule has 1 amide bonds. The maximum atomic E-state index is 11.8. The van der Waals surface area contributed by atoms with Crippen LogP contribution in [0.25, 0.3) is 0 Å². The van der Waals surface area contributed by atoms with Crippen LogP contribution < -0.4 is 10.6 Å². The van der Waals surface area contributed by atoms with Crippen LogP contribution in [0, 0.1) is 0 Å². The lowest BCUT2D eigenvalue weighted by Gasteiger charge is -2.26. The summed E-state index contributed by atoms with van der Waals surface area (Å²) in [4.78, 5) is 14.4. The first kappa shape index (κ1) is 20.2. The number of carbonyl (C=O) groups excluding carboxylic acids is 1. The van der Waals surface area contributed by atoms with Gasteiger partial charge in [0.05, 0.1) is 0 Å². The number of unbranched alkanes of at least 4 members (excludes halogenated alkanes) is 1. The number of hydrogen-bond acceptors (Lipinski definition) is 4. The van der Waals surface area contributed by atoms with Gasteiger partial charge in [0.1, 0.15) is 5.60 Å². The average molecular weight is 328 g/mol. The molecular weight excluding hydrogens is 290 g/mol. The highest BCUT2D eigenvalue weighted by atomic mass is 16.6. The van der Waals surface area contributed by atoms with Crippen molar-refractivity contribution < 1.29 is 9.53 Å². The van der Waals surface area contributed by atoms with Crippen LogP contribution >= 0.6 is 0 Å². The first-order valence-corrected chi connectivity index (χ1v) is 9.18. The number of alkyl carbamates (subject to hydrolysis) is 1. The van der Waals surface area contributed by atoms with Crippen molar-refractivity contribution in [2.75, 3.05) is 19.6 Å². The fraction of sp³-hybridized carbons (Fsp3) is 0.944. The average Bonchev–Trinajstić information content (AvgIpc) is 2.88. The van der Waals surface area contributed by atoms with Crippen molar-refractivity contribution in [3.8, 4) is 0 Å². The fourth-order valence-corrected chi connectivity index (χ4v) is 2.94. The van der Waals surface area contributed by atoms with Gasteiger partial charge in [0, 0.05) is 31.2 Å². The molecule has 2 unspecified atom stereocenters. The molecule has 1 aliphatic rings. The van der Waals surface area contributed by atoms with Gasteiger partial charge in [0.2, 0.25) is 0 Å². The summed E-state index contributed by atoms with van der Waals surface area (Å²) in [6, 6.07) is 1.45. The Morgan fingerprint density at radius 1 is 1.35 bits per heavy atom. The fourth-order valence-electron chi connectivity index (χ4n) is 2.94. The van der Waals surface area contributed by atoms with E-state index in [9.17, 15) is 4.79 Å². The Bertz CT molecular complexity index is 353. The maximum Gasteiger partial charge on any atom is 0.407 e. The van der Waals surface area contributed by atoms with E-state index in [0.717, 1.165) is 19.5 Å². The standard InChI is InChI=1S/C18H37N3O2/c1-7-8-9-15(12-19-17(22)23-18(4,5)6)20-16-10-11-21(13-16)14(2)3/h14-16,20H,7-13H2,1-6H3,(H,19,22). The lowest BCUT2D eigenvalue weighted by molar-refractivity contribution is 0.0521. The molecule has 136 valence electrons. The molecule has 0 aromatic heterocycles. The quantitative estimate of drug-likeness (QED) is 0.719. The largest absolute Gasteiger partial charge is 0.444 e. The van der Waals surface area contributed by atoms with Crippen LogP contribution in [0.2, 0.25) is 0 Å². The number of amides is 1. The summed E-state index contributed by atoms with van der Waals surface area (Å²) in [6.45, 7) is 15.3. The Morgan fingerprint density at radius 3 is 2.57 bits per heavy atom. The zero-order chi connectivity index (χ0) is 17.5. The molecule has 1 saturated heterocycles. The summed E-state index contributed by atoms with van der Waals surface area (Å²) in [6.07, 6.45) is 4.30. The highest BCUT2D eigenvalue weighted by Crippen LogP contribution is 2.14. The van der Waals surface area contributed by atoms with E-state index < -0.39 is 5.60 Å². The minimum atomic E-state index is -0.445. The van der Waals surface area contributed by atoms with Crippen molar-refractivity contribution in [3.05, 3.63) is 0 Å². The van der Waals surface area contributed by atoms with E-state index in [1.807, 2.05) is 20.8 Å². The zero-order valence-electron chi connectivity index (χ0n) is 15.9. The molecule has 5 nitrogen and oxygen atoms in total. The molecule has 0 aliphatic carbocycles. The molecule has 0 spiro atoms. The molecule has 0 aromatic carbocycles. The minimum absolute atomic E-state index is 0.319. The molecule has 0 bridgehead atoms. The van der Waals surface area contributed by atoms with Crippen LogP contribution in [-0.2, 0) is 4.74 Å². The number of nitrogens with zero attached hydrogens (tertiary/aromatic N) is 1. The monoisotopic (exact) mass is 327 g/mol. The Labute approximate surface area is 142 Å². The van der Waals surface area contributed by atoms with Gasteiger partial charge in [-0.3, -0.25) is 4.90 Å². The van der Waals surface area contributed by atoms with E-state index in [2.05, 4.69) is 36.3 Å². The smallest absolute Gasteiger partial charge is 0.407 e. The molecule has 2 atom stereocenters. The van der Waals surface area contributed by atoms with Crippen LogP contribution in [0.3, 0.4) is 0 Å². The summed E-state index contributed by atoms with van der Waals surface area (Å²) in [5, 5.41) is 6.66. The third-order valence-electron chi connectivity index (χ3n) is 4.22. The Morgan fingerprint density at radius 2 is 2.04 bits per heavy atom. The van der Waals surface area contributed by atoms with E-state index in [1.54, 1.807) is 0 Å². The number of likely N-dealkylation sites (tertiary alicyclic amines) is 1. The van der Waals surface area contributed by atoms with Crippen LogP contribution in [-0.4, -0.2) is 54.4 Å². The number of ether oxygens (including phenoxy) is 1. The van der Waals surface area contributed by atoms with E-state index in [-0.39, 0.29) is 6.09 Å². The van der Waals surface area contributed by atoms with E-state index in [1.165, 1.54) is 19.3 Å². The second-order valence-electron chi connectivity index (χ2n) is 7.96. The predicted octanol–water partition coefficient (Wildman–Crippen LogP) is 3.14. The van der Waals surface area contributed by atoms with Crippen molar-refractivity contribution >= 4 is 6.09 Å². The Hall–Kier alpha value is -0.810. The molecule has 0 aromatic rings. The summed E-state index contributed by atoms with van der Waals surface area (Å²) in [5.74, 6) is 0. The number of carbonyl (C=O) groups is 1. The molecule has 5 heteroatoms. The zero-order valence-corrected chi connectivity index (χ0v) is 15.9. The maximum absolute atomic E-state index is 11.8. The molecule has 1 fully saturated rings. The van der Waals surface area contributed by atoms with E-state index in [4.69, 9.17) is 4.74 Å². The molecule has 0 saturated carbocycles. The van der Waals surface area contributed by atoms with E-state index in [0.29, 0.717) is 24.7 Å². The van der Waals surface area contributed by atoms with Crippen molar-refractivity contribution in [2.45, 2.75) is 91.0 Å². The highest BCUT2D eigenvalue weighted by Gasteiger charge is 2.26. The second-order valence-corrected chi connectivity index (χ2v) is 7.96. The van der Waals surface area contributed by atoms with Crippen molar-refractivity contribution in [2.24, 2.45) is 0 Å². The molecule has 1 aliphatic heterocycles. The molecule has 0 radical (unpaired) electrons. The van der Waals surface area contributed by atoms with Crippen molar-refractivity contribution in [3.63, 3.8) is 0 Å². The van der Waals surface area contributed by atoms with Crippen LogP contribution in [0.4, 0.5) is 4.79 Å². The first-order chi connectivity index (χ1) is 10.7. The summed E-state index contributed by atoms with van der Waals surface area (Å²) in [5.41, 5.74) is -0.445. The molecule has 23 heavy (non-hydrogen) atoms. The summed E-state index contributed by atoms with van der Waals surface area (Å²) in [7, 11) is 0. The molecule has 1 rings (SSSR count). The first-order valence-electron chi connectivity index (χ1n) is 9.18. The molecular formula is C18H37N3O2. The lowest BCUT2D eigenvalue weighted by atomic mass is 10.1. The van der Waals surface area contributed by atoms with E-state index >= 15 is 0 Å². The Kier molecular flexibility index (Phi) is 8.34. The van der Waals surface area contributed by atoms with Crippen LogP contribution in [0.1, 0.15) is 67.2 Å². The summed E-state index contributed by atoms with van der Waals surface area (Å²) < 4.78 is 5.33. The second kappa shape index (κ2) is 9.48. The third kappa shape index (κ3) is 8.56. The van der Waals surface area contributed by atoms with Crippen LogP contribution in [0.15, 0.2) is 0 Å². The topological polar surface area (TPSA) is 53.6 Å². The number of nitrogens with one attached hydrogen (secondary N) is 2. The Balaban J connectivity index is 2.42. The van der Waals surface area contributed by atoms with Gasteiger partial charge in [0.15, 0.2) is 0 Å². The molecule has 2 N–H and O–H groups in total. The van der Waals surface area contributed by atoms with Gasteiger partial charge in [-0.15, -0.1) is 0 Å². The van der Waals surface area contributed by atoms with Gasteiger partial charge in [-0.2, -0.15) is 0 Å². The predicted molar refractivity (Wildman–Crippen MR) is 95.8 cm³/mol. The minimum Gasteiger partial charge on any atom is -0.444 e. The lowest BCUT2D eigenvalue weighted by Crippen LogP contribution is -2.47. The number of hydrogen-bond donors (Lipinski definition) is 2. The SMILES string of the molecule is CCCCC(CNC(=O)OC(C)(C)C)NC1CCN(C(C)C)C1. The van der Waals surface area contributed by atoms with Gasteiger partial charge in [-0.05, 0) is 54.0 Å². The molecule has 1 heterocycles. The number of rotatable bonds is 8. The highest BCUT2D eigenvalue weighted by molar-refractivity contribution is 5.67. The van der Waals surface area contributed by atoms with Gasteiger partial charge >= 0.3 is 6.09 Å². The van der Waals surface area contributed by atoms with Gasteiger partial charge in [0.25, 0.3) is 0 Å². The van der Waals surface area contributed by atoms with Gasteiger partial charge in [-0.1, -0.05) is 19.8 Å². The third-order valence-corrected chi connectivity index (χ3v) is 4.22. The summed E-state index contributed by atoms with van der Waals surface area (Å²) >= 11 is 0. The van der Waals surface area contributed by atoms with Gasteiger partial charge < -0.3 is 15.4 Å².